The Morgan fingerprint density at radius 3 is 2.60 bits per heavy atom. The summed E-state index contributed by atoms with van der Waals surface area (Å²) >= 11 is 3.45. The molecule has 0 radical (unpaired) electrons. The first-order valence-electron chi connectivity index (χ1n) is 8.63. The minimum Gasteiger partial charge on any atom is -0.308 e. The van der Waals surface area contributed by atoms with Crippen molar-refractivity contribution in [1.29, 1.82) is 0 Å². The van der Waals surface area contributed by atoms with Crippen LogP contribution in [-0.4, -0.2) is 16.1 Å². The van der Waals surface area contributed by atoms with E-state index in [-0.39, 0.29) is 11.6 Å². The molecule has 130 valence electrons. The van der Waals surface area contributed by atoms with Gasteiger partial charge in [-0.15, -0.1) is 0 Å². The van der Waals surface area contributed by atoms with E-state index in [2.05, 4.69) is 35.1 Å². The van der Waals surface area contributed by atoms with Crippen LogP contribution in [-0.2, 0) is 0 Å². The maximum Gasteiger partial charge on any atom is 0.266 e. The standard InChI is InChI=1S/C20H22BrN3O/c1-3-4-13-22-14(2)19-23-18-8-6-5-7-17(18)20(25)24(19)16-11-9-15(21)10-12-16/h5-12,14,22H,3-4,13H2,1-2H3/t14-/m1/s1. The van der Waals surface area contributed by atoms with Gasteiger partial charge in [-0.05, 0) is 56.3 Å². The van der Waals surface area contributed by atoms with Crippen molar-refractivity contribution >= 4 is 26.8 Å². The van der Waals surface area contributed by atoms with Crippen molar-refractivity contribution in [2.75, 3.05) is 6.54 Å². The molecular weight excluding hydrogens is 378 g/mol. The summed E-state index contributed by atoms with van der Waals surface area (Å²) in [5.41, 5.74) is 1.53. The van der Waals surface area contributed by atoms with Gasteiger partial charge in [-0.2, -0.15) is 0 Å². The van der Waals surface area contributed by atoms with Crippen LogP contribution in [0.5, 0.6) is 0 Å². The second-order valence-electron chi connectivity index (χ2n) is 6.13. The summed E-state index contributed by atoms with van der Waals surface area (Å²) in [5.74, 6) is 0.738. The van der Waals surface area contributed by atoms with Gasteiger partial charge in [0.05, 0.1) is 22.6 Å². The highest BCUT2D eigenvalue weighted by molar-refractivity contribution is 9.10. The van der Waals surface area contributed by atoms with E-state index in [1.165, 1.54) is 0 Å². The van der Waals surface area contributed by atoms with Crippen LogP contribution in [0.2, 0.25) is 0 Å². The molecule has 0 bridgehead atoms. The highest BCUT2D eigenvalue weighted by atomic mass is 79.9. The normalized spacial score (nSPS) is 12.4. The number of halogens is 1. The minimum atomic E-state index is -0.0351. The Bertz CT molecular complexity index is 918. The Hall–Kier alpha value is -1.98. The average molecular weight is 400 g/mol. The van der Waals surface area contributed by atoms with Crippen LogP contribution >= 0.6 is 15.9 Å². The van der Waals surface area contributed by atoms with Crippen LogP contribution in [0.4, 0.5) is 0 Å². The molecule has 0 saturated heterocycles. The summed E-state index contributed by atoms with van der Waals surface area (Å²) in [5, 5.41) is 4.12. The van der Waals surface area contributed by atoms with Gasteiger partial charge in [0.25, 0.3) is 5.56 Å². The number of rotatable bonds is 6. The van der Waals surface area contributed by atoms with Gasteiger partial charge in [-0.3, -0.25) is 9.36 Å². The lowest BCUT2D eigenvalue weighted by Gasteiger charge is -2.19. The number of nitrogens with one attached hydrogen (secondary N) is 1. The molecular formula is C20H22BrN3O. The molecule has 0 aliphatic heterocycles. The second kappa shape index (κ2) is 7.93. The largest absolute Gasteiger partial charge is 0.308 e. The van der Waals surface area contributed by atoms with E-state index in [1.807, 2.05) is 48.5 Å². The SMILES string of the molecule is CCCCN[C@H](C)c1nc2ccccc2c(=O)n1-c1ccc(Br)cc1. The van der Waals surface area contributed by atoms with Gasteiger partial charge in [-0.1, -0.05) is 41.4 Å². The third kappa shape index (κ3) is 3.83. The number of aromatic nitrogens is 2. The van der Waals surface area contributed by atoms with Gasteiger partial charge in [0.1, 0.15) is 5.82 Å². The minimum absolute atomic E-state index is 0.0208. The molecule has 3 aromatic rings. The van der Waals surface area contributed by atoms with Gasteiger partial charge >= 0.3 is 0 Å². The van der Waals surface area contributed by atoms with Crippen LogP contribution in [0.3, 0.4) is 0 Å². The first-order chi connectivity index (χ1) is 12.1. The summed E-state index contributed by atoms with van der Waals surface area (Å²) in [6, 6.07) is 15.2. The maximum absolute atomic E-state index is 13.2. The van der Waals surface area contributed by atoms with E-state index >= 15 is 0 Å². The van der Waals surface area contributed by atoms with Crippen LogP contribution < -0.4 is 10.9 Å². The summed E-state index contributed by atoms with van der Waals surface area (Å²) < 4.78 is 2.70. The van der Waals surface area contributed by atoms with Gasteiger partial charge in [0, 0.05) is 4.47 Å². The van der Waals surface area contributed by atoms with Crippen LogP contribution in [0, 0.1) is 0 Å². The zero-order chi connectivity index (χ0) is 17.8. The molecule has 0 fully saturated rings. The fraction of sp³-hybridized carbons (Fsp3) is 0.300. The number of unbranched alkanes of at least 4 members (excludes halogenated alkanes) is 1. The van der Waals surface area contributed by atoms with Crippen LogP contribution in [0.1, 0.15) is 38.6 Å². The van der Waals surface area contributed by atoms with E-state index in [0.717, 1.165) is 40.9 Å². The Balaban J connectivity index is 2.17. The van der Waals surface area contributed by atoms with Gasteiger partial charge in [0.2, 0.25) is 0 Å². The highest BCUT2D eigenvalue weighted by Crippen LogP contribution is 2.19. The Labute approximate surface area is 156 Å². The van der Waals surface area contributed by atoms with Crippen molar-refractivity contribution in [3.05, 3.63) is 69.2 Å². The van der Waals surface area contributed by atoms with E-state index in [9.17, 15) is 4.79 Å². The van der Waals surface area contributed by atoms with E-state index in [0.29, 0.717) is 5.39 Å². The van der Waals surface area contributed by atoms with E-state index in [4.69, 9.17) is 4.98 Å². The number of hydrogen-bond donors (Lipinski definition) is 1. The molecule has 0 unspecified atom stereocenters. The van der Waals surface area contributed by atoms with Crippen molar-refractivity contribution in [3.63, 3.8) is 0 Å². The fourth-order valence-corrected chi connectivity index (χ4v) is 3.13. The third-order valence-electron chi connectivity index (χ3n) is 4.25. The number of fused-ring (bicyclic) bond motifs is 1. The van der Waals surface area contributed by atoms with Crippen molar-refractivity contribution in [3.8, 4) is 5.69 Å². The molecule has 1 N–H and O–H groups in total. The molecule has 0 spiro atoms. The molecule has 1 heterocycles. The second-order valence-corrected chi connectivity index (χ2v) is 7.05. The molecule has 5 heteroatoms. The van der Waals surface area contributed by atoms with Gasteiger partial charge in [0.15, 0.2) is 0 Å². The van der Waals surface area contributed by atoms with Crippen LogP contribution in [0.25, 0.3) is 16.6 Å². The monoisotopic (exact) mass is 399 g/mol. The molecule has 0 saturated carbocycles. The first kappa shape index (κ1) is 17.8. The molecule has 2 aromatic carbocycles. The molecule has 3 rings (SSSR count). The zero-order valence-electron chi connectivity index (χ0n) is 14.5. The van der Waals surface area contributed by atoms with Crippen molar-refractivity contribution in [2.45, 2.75) is 32.7 Å². The Kier molecular flexibility index (Phi) is 5.66. The van der Waals surface area contributed by atoms with Gasteiger partial charge < -0.3 is 5.32 Å². The zero-order valence-corrected chi connectivity index (χ0v) is 16.1. The van der Waals surface area contributed by atoms with Crippen LogP contribution in [0.15, 0.2) is 57.8 Å². The van der Waals surface area contributed by atoms with Crippen molar-refractivity contribution in [2.24, 2.45) is 0 Å². The predicted molar refractivity (Wildman–Crippen MR) is 106 cm³/mol. The smallest absolute Gasteiger partial charge is 0.266 e. The quantitative estimate of drug-likeness (QED) is 0.616. The third-order valence-corrected chi connectivity index (χ3v) is 4.78. The van der Waals surface area contributed by atoms with E-state index < -0.39 is 0 Å². The Morgan fingerprint density at radius 1 is 1.16 bits per heavy atom. The fourth-order valence-electron chi connectivity index (χ4n) is 2.87. The lowest BCUT2D eigenvalue weighted by Crippen LogP contribution is -2.30. The number of para-hydroxylation sites is 1. The molecule has 0 amide bonds. The molecule has 25 heavy (non-hydrogen) atoms. The van der Waals surface area contributed by atoms with Gasteiger partial charge in [-0.25, -0.2) is 4.98 Å². The summed E-state index contributed by atoms with van der Waals surface area (Å²) in [4.78, 5) is 18.0. The molecule has 1 aromatic heterocycles. The Morgan fingerprint density at radius 2 is 1.88 bits per heavy atom. The number of hydrogen-bond acceptors (Lipinski definition) is 3. The molecule has 0 aliphatic rings. The summed E-state index contributed by atoms with van der Waals surface area (Å²) in [7, 11) is 0. The average Bonchev–Trinajstić information content (AvgIpc) is 2.63. The molecule has 1 atom stereocenters. The lowest BCUT2D eigenvalue weighted by atomic mass is 10.2. The highest BCUT2D eigenvalue weighted by Gasteiger charge is 2.17. The maximum atomic E-state index is 13.2. The molecule has 0 aliphatic carbocycles. The number of nitrogens with zero attached hydrogens (tertiary/aromatic N) is 2. The topological polar surface area (TPSA) is 46.9 Å². The summed E-state index contributed by atoms with van der Waals surface area (Å²) in [6.45, 7) is 5.13. The van der Waals surface area contributed by atoms with Crippen molar-refractivity contribution in [1.82, 2.24) is 14.9 Å². The van der Waals surface area contributed by atoms with E-state index in [1.54, 1.807) is 4.57 Å². The lowest BCUT2D eigenvalue weighted by molar-refractivity contribution is 0.520. The summed E-state index contributed by atoms with van der Waals surface area (Å²) in [6.07, 6.45) is 2.23. The molecule has 4 nitrogen and oxygen atoms in total. The van der Waals surface area contributed by atoms with Crippen molar-refractivity contribution < 1.29 is 0 Å². The predicted octanol–water partition coefficient (Wildman–Crippen LogP) is 4.60. The number of benzene rings is 2. The first-order valence-corrected chi connectivity index (χ1v) is 9.42.